The first-order valence-corrected chi connectivity index (χ1v) is 12.8. The van der Waals surface area contributed by atoms with Gasteiger partial charge in [0.05, 0.1) is 56.1 Å². The van der Waals surface area contributed by atoms with Crippen LogP contribution in [0.4, 0.5) is 0 Å². The third-order valence-corrected chi connectivity index (χ3v) is 7.13. The van der Waals surface area contributed by atoms with Crippen LogP contribution in [0.1, 0.15) is 17.3 Å². The highest BCUT2D eigenvalue weighted by atomic mass is 32.1. The van der Waals surface area contributed by atoms with Crippen LogP contribution in [0.25, 0.3) is 22.2 Å². The third kappa shape index (κ3) is 4.67. The van der Waals surface area contributed by atoms with E-state index < -0.39 is 0 Å². The molecule has 2 aliphatic rings. The summed E-state index contributed by atoms with van der Waals surface area (Å²) in [6.07, 6.45) is 0.867. The van der Waals surface area contributed by atoms with Crippen LogP contribution in [0.5, 0.6) is 11.5 Å². The Balaban J connectivity index is 1.32. The minimum absolute atomic E-state index is 0.0359. The van der Waals surface area contributed by atoms with Crippen molar-refractivity contribution >= 4 is 22.2 Å². The predicted octanol–water partition coefficient (Wildman–Crippen LogP) is 3.56. The minimum Gasteiger partial charge on any atom is -0.490 e. The largest absolute Gasteiger partial charge is 0.490 e. The van der Waals surface area contributed by atoms with E-state index in [9.17, 15) is 4.79 Å². The first-order valence-electron chi connectivity index (χ1n) is 11.9. The Labute approximate surface area is 206 Å². The number of morpholine rings is 1. The van der Waals surface area contributed by atoms with Crippen molar-refractivity contribution in [1.29, 1.82) is 0 Å². The molecule has 0 spiro atoms. The van der Waals surface area contributed by atoms with E-state index in [1.54, 1.807) is 15.9 Å². The van der Waals surface area contributed by atoms with E-state index in [-0.39, 0.29) is 5.56 Å². The van der Waals surface area contributed by atoms with E-state index in [2.05, 4.69) is 4.90 Å². The minimum atomic E-state index is -0.0359. The van der Waals surface area contributed by atoms with E-state index in [1.165, 1.54) is 0 Å². The number of rotatable bonds is 5. The Kier molecular flexibility index (Phi) is 6.20. The van der Waals surface area contributed by atoms with Crippen LogP contribution in [0.2, 0.25) is 0 Å². The van der Waals surface area contributed by atoms with Crippen molar-refractivity contribution in [1.82, 2.24) is 19.4 Å². The summed E-state index contributed by atoms with van der Waals surface area (Å²) in [4.78, 5) is 25.5. The number of ether oxygens (including phenoxy) is 3. The zero-order valence-corrected chi connectivity index (χ0v) is 20.1. The molecule has 0 N–H and O–H groups in total. The number of benzene rings is 2. The Morgan fingerprint density at radius 1 is 0.914 bits per heavy atom. The van der Waals surface area contributed by atoms with Gasteiger partial charge in [-0.25, -0.2) is 9.97 Å². The van der Waals surface area contributed by atoms with E-state index in [0.717, 1.165) is 58.6 Å². The summed E-state index contributed by atoms with van der Waals surface area (Å²) in [7, 11) is 0. The van der Waals surface area contributed by atoms with Gasteiger partial charge in [0.2, 0.25) is 0 Å². The first kappa shape index (κ1) is 22.2. The molecule has 0 unspecified atom stereocenters. The molecular formula is C26H26N4O4S. The second-order valence-electron chi connectivity index (χ2n) is 8.66. The fraction of sp³-hybridized carbons (Fsp3) is 0.346. The maximum Gasteiger partial charge on any atom is 0.261 e. The molecule has 0 amide bonds. The lowest BCUT2D eigenvalue weighted by Gasteiger charge is -2.27. The van der Waals surface area contributed by atoms with Crippen molar-refractivity contribution in [3.05, 3.63) is 69.0 Å². The van der Waals surface area contributed by atoms with Gasteiger partial charge >= 0.3 is 0 Å². The molecule has 2 aromatic carbocycles. The highest BCUT2D eigenvalue weighted by Gasteiger charge is 2.18. The number of aromatic nitrogens is 3. The summed E-state index contributed by atoms with van der Waals surface area (Å²) in [5.74, 6) is 2.27. The van der Waals surface area contributed by atoms with Crippen molar-refractivity contribution in [2.75, 3.05) is 39.5 Å². The van der Waals surface area contributed by atoms with Gasteiger partial charge in [0, 0.05) is 30.5 Å². The maximum absolute atomic E-state index is 13.5. The van der Waals surface area contributed by atoms with Gasteiger partial charge in [-0.3, -0.25) is 14.3 Å². The lowest BCUT2D eigenvalue weighted by Crippen LogP contribution is -2.38. The molecule has 0 aliphatic carbocycles. The Bertz CT molecular complexity index is 1410. The standard InChI is InChI=1S/C26H26N4O4S/c31-26-19-4-1-2-5-20(19)27-24(15-29-8-12-32-13-9-29)30(26)16-25-28-21(17-35-25)18-6-7-22-23(14-18)34-11-3-10-33-22/h1-2,4-7,14,17H,3,8-13,15-16H2. The molecular weight excluding hydrogens is 464 g/mol. The van der Waals surface area contributed by atoms with Crippen molar-refractivity contribution < 1.29 is 14.2 Å². The van der Waals surface area contributed by atoms with Crippen LogP contribution in [0, 0.1) is 0 Å². The van der Waals surface area contributed by atoms with Crippen LogP contribution in [0.15, 0.2) is 52.6 Å². The molecule has 0 saturated carbocycles. The Morgan fingerprint density at radius 3 is 2.63 bits per heavy atom. The summed E-state index contributed by atoms with van der Waals surface area (Å²) in [6, 6.07) is 13.4. The first-order chi connectivity index (χ1) is 17.2. The highest BCUT2D eigenvalue weighted by Crippen LogP contribution is 2.34. The SMILES string of the molecule is O=c1c2ccccc2nc(CN2CCOCC2)n1Cc1nc(-c2ccc3c(c2)OCCCO3)cs1. The number of hydrogen-bond acceptors (Lipinski definition) is 8. The van der Waals surface area contributed by atoms with Gasteiger partial charge in [0.15, 0.2) is 11.5 Å². The monoisotopic (exact) mass is 490 g/mol. The van der Waals surface area contributed by atoms with Crippen molar-refractivity contribution in [3.63, 3.8) is 0 Å². The number of fused-ring (bicyclic) bond motifs is 2. The van der Waals surface area contributed by atoms with Crippen molar-refractivity contribution in [2.45, 2.75) is 19.5 Å². The van der Waals surface area contributed by atoms with Crippen molar-refractivity contribution in [2.24, 2.45) is 0 Å². The molecule has 0 bridgehead atoms. The van der Waals surface area contributed by atoms with Gasteiger partial charge in [-0.15, -0.1) is 11.3 Å². The van der Waals surface area contributed by atoms with Gasteiger partial charge in [0.25, 0.3) is 5.56 Å². The molecule has 0 radical (unpaired) electrons. The third-order valence-electron chi connectivity index (χ3n) is 6.30. The Hall–Kier alpha value is -3.27. The molecule has 4 heterocycles. The summed E-state index contributed by atoms with van der Waals surface area (Å²) >= 11 is 1.55. The highest BCUT2D eigenvalue weighted by molar-refractivity contribution is 7.09. The molecule has 35 heavy (non-hydrogen) atoms. The number of para-hydroxylation sites is 1. The lowest BCUT2D eigenvalue weighted by atomic mass is 10.1. The van der Waals surface area contributed by atoms with E-state index >= 15 is 0 Å². The van der Waals surface area contributed by atoms with Crippen LogP contribution in [-0.2, 0) is 17.8 Å². The molecule has 1 saturated heterocycles. The van der Waals surface area contributed by atoms with Gasteiger partial charge < -0.3 is 14.2 Å². The number of hydrogen-bond donors (Lipinski definition) is 0. The lowest BCUT2D eigenvalue weighted by molar-refractivity contribution is 0.0325. The van der Waals surface area contributed by atoms with Gasteiger partial charge in [-0.2, -0.15) is 0 Å². The quantitative estimate of drug-likeness (QED) is 0.423. The van der Waals surface area contributed by atoms with E-state index in [4.69, 9.17) is 24.2 Å². The molecule has 1 fully saturated rings. The van der Waals surface area contributed by atoms with Gasteiger partial charge in [-0.1, -0.05) is 12.1 Å². The molecule has 8 nitrogen and oxygen atoms in total. The van der Waals surface area contributed by atoms with Crippen LogP contribution >= 0.6 is 11.3 Å². The zero-order valence-electron chi connectivity index (χ0n) is 19.3. The Morgan fingerprint density at radius 2 is 1.74 bits per heavy atom. The fourth-order valence-electron chi connectivity index (χ4n) is 4.43. The molecule has 2 aromatic heterocycles. The van der Waals surface area contributed by atoms with Gasteiger partial charge in [0.1, 0.15) is 10.8 Å². The molecule has 2 aliphatic heterocycles. The summed E-state index contributed by atoms with van der Waals surface area (Å²) in [6.45, 7) is 5.33. The normalized spacial score (nSPS) is 16.3. The molecule has 6 rings (SSSR count). The maximum atomic E-state index is 13.5. The second-order valence-corrected chi connectivity index (χ2v) is 9.61. The summed E-state index contributed by atoms with van der Waals surface area (Å²) in [5.41, 5.74) is 2.52. The number of nitrogens with zero attached hydrogens (tertiary/aromatic N) is 4. The van der Waals surface area contributed by atoms with Crippen LogP contribution in [0.3, 0.4) is 0 Å². The smallest absolute Gasteiger partial charge is 0.261 e. The number of thiazole rings is 1. The molecule has 0 atom stereocenters. The van der Waals surface area contributed by atoms with Crippen LogP contribution in [-0.4, -0.2) is 59.0 Å². The fourth-order valence-corrected chi connectivity index (χ4v) is 5.22. The molecule has 4 aromatic rings. The summed E-state index contributed by atoms with van der Waals surface area (Å²) in [5, 5.41) is 3.50. The van der Waals surface area contributed by atoms with E-state index in [1.807, 2.05) is 47.8 Å². The van der Waals surface area contributed by atoms with Crippen LogP contribution < -0.4 is 15.0 Å². The van der Waals surface area contributed by atoms with Crippen molar-refractivity contribution in [3.8, 4) is 22.8 Å². The average molecular weight is 491 g/mol. The molecule has 9 heteroatoms. The zero-order chi connectivity index (χ0) is 23.6. The topological polar surface area (TPSA) is 78.7 Å². The predicted molar refractivity (Wildman–Crippen MR) is 134 cm³/mol. The average Bonchev–Trinajstić information content (AvgIpc) is 3.23. The second kappa shape index (κ2) is 9.77. The van der Waals surface area contributed by atoms with Gasteiger partial charge in [-0.05, 0) is 30.3 Å². The summed E-state index contributed by atoms with van der Waals surface area (Å²) < 4.78 is 18.8. The van der Waals surface area contributed by atoms with E-state index in [0.29, 0.717) is 44.9 Å². The molecule has 180 valence electrons.